The lowest BCUT2D eigenvalue weighted by Gasteiger charge is -2.31. The van der Waals surface area contributed by atoms with Crippen molar-refractivity contribution in [3.8, 4) is 0 Å². The van der Waals surface area contributed by atoms with Gasteiger partial charge in [0, 0.05) is 19.0 Å². The summed E-state index contributed by atoms with van der Waals surface area (Å²) in [4.78, 5) is 26.3. The van der Waals surface area contributed by atoms with Gasteiger partial charge in [0.2, 0.25) is 11.8 Å². The molecule has 1 saturated heterocycles. The Morgan fingerprint density at radius 3 is 2.86 bits per heavy atom. The molecule has 0 bridgehead atoms. The predicted molar refractivity (Wildman–Crippen MR) is 77.2 cm³/mol. The van der Waals surface area contributed by atoms with E-state index in [-0.39, 0.29) is 17.7 Å². The zero-order chi connectivity index (χ0) is 14.7. The van der Waals surface area contributed by atoms with Gasteiger partial charge in [0.1, 0.15) is 5.76 Å². The lowest BCUT2D eigenvalue weighted by atomic mass is 9.94. The molecule has 5 heteroatoms. The van der Waals surface area contributed by atoms with Crippen molar-refractivity contribution >= 4 is 11.8 Å². The van der Waals surface area contributed by atoms with Gasteiger partial charge < -0.3 is 14.6 Å². The monoisotopic (exact) mass is 290 g/mol. The van der Waals surface area contributed by atoms with E-state index in [1.54, 1.807) is 12.3 Å². The third-order valence-corrected chi connectivity index (χ3v) is 4.56. The molecule has 2 heterocycles. The number of carbonyl (C=O) groups is 2. The minimum absolute atomic E-state index is 0.0435. The topological polar surface area (TPSA) is 62.6 Å². The number of hydrogen-bond donors (Lipinski definition) is 1. The van der Waals surface area contributed by atoms with E-state index in [4.69, 9.17) is 4.42 Å². The molecule has 2 amide bonds. The maximum absolute atomic E-state index is 12.2. The summed E-state index contributed by atoms with van der Waals surface area (Å²) in [6.45, 7) is 0.966. The molecule has 1 aliphatic heterocycles. The average molecular weight is 290 g/mol. The van der Waals surface area contributed by atoms with Crippen LogP contribution in [0.2, 0.25) is 0 Å². The summed E-state index contributed by atoms with van der Waals surface area (Å²) in [5, 5.41) is 2.86. The van der Waals surface area contributed by atoms with Crippen LogP contribution in [0.4, 0.5) is 0 Å². The third kappa shape index (κ3) is 3.28. The molecule has 1 aromatic rings. The highest BCUT2D eigenvalue weighted by Crippen LogP contribution is 2.28. The quantitative estimate of drug-likeness (QED) is 0.923. The molecular weight excluding hydrogens is 268 g/mol. The van der Waals surface area contributed by atoms with Crippen LogP contribution in [-0.2, 0) is 16.1 Å². The Balaban J connectivity index is 1.52. The van der Waals surface area contributed by atoms with E-state index < -0.39 is 0 Å². The standard InChI is InChI=1S/C16H22N2O3/c19-15-9-12(11-18(15)13-5-2-1-3-6-13)16(20)17-10-14-7-4-8-21-14/h4,7-8,12-13H,1-3,5-6,9-11H2,(H,17,20)/t12-/m0/s1. The summed E-state index contributed by atoms with van der Waals surface area (Å²) in [6, 6.07) is 3.98. The lowest BCUT2D eigenvalue weighted by Crippen LogP contribution is -2.39. The first kappa shape index (κ1) is 14.2. The number of carbonyl (C=O) groups excluding carboxylic acids is 2. The first-order valence-electron chi connectivity index (χ1n) is 7.83. The summed E-state index contributed by atoms with van der Waals surface area (Å²) in [6.07, 6.45) is 7.78. The SMILES string of the molecule is O=C(NCc1ccco1)[C@H]1CC(=O)N(C2CCCCC2)C1. The second kappa shape index (κ2) is 6.33. The highest BCUT2D eigenvalue weighted by atomic mass is 16.3. The van der Waals surface area contributed by atoms with E-state index in [2.05, 4.69) is 5.32 Å². The number of hydrogen-bond acceptors (Lipinski definition) is 3. The second-order valence-electron chi connectivity index (χ2n) is 6.04. The van der Waals surface area contributed by atoms with Gasteiger partial charge in [-0.3, -0.25) is 9.59 Å². The maximum Gasteiger partial charge on any atom is 0.225 e. The Bertz CT molecular complexity index is 492. The molecule has 5 nitrogen and oxygen atoms in total. The van der Waals surface area contributed by atoms with Crippen LogP contribution in [0.1, 0.15) is 44.3 Å². The van der Waals surface area contributed by atoms with Crippen molar-refractivity contribution in [2.24, 2.45) is 5.92 Å². The summed E-state index contributed by atoms with van der Waals surface area (Å²) >= 11 is 0. The fourth-order valence-electron chi connectivity index (χ4n) is 3.38. The van der Waals surface area contributed by atoms with E-state index in [0.717, 1.165) is 18.6 Å². The Kier molecular flexibility index (Phi) is 4.27. The van der Waals surface area contributed by atoms with Gasteiger partial charge in [-0.25, -0.2) is 0 Å². The molecule has 0 aromatic carbocycles. The molecule has 0 unspecified atom stereocenters. The van der Waals surface area contributed by atoms with Crippen LogP contribution in [0.5, 0.6) is 0 Å². The smallest absolute Gasteiger partial charge is 0.225 e. The third-order valence-electron chi connectivity index (χ3n) is 4.56. The molecule has 2 fully saturated rings. The van der Waals surface area contributed by atoms with Crippen molar-refractivity contribution in [2.75, 3.05) is 6.54 Å². The van der Waals surface area contributed by atoms with Gasteiger partial charge in [0.05, 0.1) is 18.7 Å². The largest absolute Gasteiger partial charge is 0.467 e. The fourth-order valence-corrected chi connectivity index (χ4v) is 3.38. The Morgan fingerprint density at radius 1 is 1.33 bits per heavy atom. The molecule has 0 spiro atoms. The van der Waals surface area contributed by atoms with Gasteiger partial charge in [-0.1, -0.05) is 19.3 Å². The summed E-state index contributed by atoms with van der Waals surface area (Å²) in [5.74, 6) is 0.615. The summed E-state index contributed by atoms with van der Waals surface area (Å²) in [7, 11) is 0. The Labute approximate surface area is 124 Å². The van der Waals surface area contributed by atoms with Crippen LogP contribution in [-0.4, -0.2) is 29.3 Å². The van der Waals surface area contributed by atoms with Gasteiger partial charge >= 0.3 is 0 Å². The van der Waals surface area contributed by atoms with Crippen LogP contribution in [0, 0.1) is 5.92 Å². The number of nitrogens with zero attached hydrogens (tertiary/aromatic N) is 1. The number of furan rings is 1. The van der Waals surface area contributed by atoms with E-state index in [1.165, 1.54) is 19.3 Å². The van der Waals surface area contributed by atoms with E-state index in [9.17, 15) is 9.59 Å². The normalized spacial score (nSPS) is 23.5. The molecule has 3 rings (SSSR count). The summed E-state index contributed by atoms with van der Waals surface area (Å²) in [5.41, 5.74) is 0. The van der Waals surface area contributed by atoms with Crippen molar-refractivity contribution < 1.29 is 14.0 Å². The van der Waals surface area contributed by atoms with Gasteiger partial charge in [0.15, 0.2) is 0 Å². The van der Waals surface area contributed by atoms with Crippen molar-refractivity contribution in [1.82, 2.24) is 10.2 Å². The Morgan fingerprint density at radius 2 is 2.14 bits per heavy atom. The number of amides is 2. The van der Waals surface area contributed by atoms with Crippen LogP contribution >= 0.6 is 0 Å². The number of nitrogens with one attached hydrogen (secondary N) is 1. The maximum atomic E-state index is 12.2. The zero-order valence-corrected chi connectivity index (χ0v) is 12.2. The molecular formula is C16H22N2O3. The van der Waals surface area contributed by atoms with Crippen molar-refractivity contribution in [3.63, 3.8) is 0 Å². The summed E-state index contributed by atoms with van der Waals surface area (Å²) < 4.78 is 5.19. The van der Waals surface area contributed by atoms with Gasteiger partial charge in [-0.2, -0.15) is 0 Å². The molecule has 114 valence electrons. The molecule has 1 aromatic heterocycles. The zero-order valence-electron chi connectivity index (χ0n) is 12.2. The first-order chi connectivity index (χ1) is 10.2. The molecule has 21 heavy (non-hydrogen) atoms. The van der Waals surface area contributed by atoms with E-state index in [1.807, 2.05) is 11.0 Å². The molecule has 1 aliphatic carbocycles. The first-order valence-corrected chi connectivity index (χ1v) is 7.83. The highest BCUT2D eigenvalue weighted by Gasteiger charge is 2.37. The van der Waals surface area contributed by atoms with Gasteiger partial charge in [-0.15, -0.1) is 0 Å². The average Bonchev–Trinajstić information content (AvgIpc) is 3.15. The number of likely N-dealkylation sites (tertiary alicyclic amines) is 1. The lowest BCUT2D eigenvalue weighted by molar-refractivity contribution is -0.130. The fraction of sp³-hybridized carbons (Fsp3) is 0.625. The predicted octanol–water partition coefficient (Wildman–Crippen LogP) is 2.08. The highest BCUT2D eigenvalue weighted by molar-refractivity contribution is 5.89. The van der Waals surface area contributed by atoms with Crippen LogP contribution in [0.3, 0.4) is 0 Å². The second-order valence-corrected chi connectivity index (χ2v) is 6.04. The van der Waals surface area contributed by atoms with Crippen molar-refractivity contribution in [2.45, 2.75) is 51.1 Å². The minimum atomic E-state index is -0.214. The molecule has 1 saturated carbocycles. The molecule has 1 N–H and O–H groups in total. The van der Waals surface area contributed by atoms with E-state index in [0.29, 0.717) is 25.6 Å². The van der Waals surface area contributed by atoms with Crippen molar-refractivity contribution in [3.05, 3.63) is 24.2 Å². The van der Waals surface area contributed by atoms with Crippen LogP contribution in [0.15, 0.2) is 22.8 Å². The van der Waals surface area contributed by atoms with Crippen LogP contribution in [0.25, 0.3) is 0 Å². The molecule has 2 aliphatic rings. The van der Waals surface area contributed by atoms with Gasteiger partial charge in [0.25, 0.3) is 0 Å². The minimum Gasteiger partial charge on any atom is -0.467 e. The number of rotatable bonds is 4. The van der Waals surface area contributed by atoms with E-state index >= 15 is 0 Å². The van der Waals surface area contributed by atoms with Crippen molar-refractivity contribution in [1.29, 1.82) is 0 Å². The van der Waals surface area contributed by atoms with Crippen LogP contribution < -0.4 is 5.32 Å². The van der Waals surface area contributed by atoms with Gasteiger partial charge in [-0.05, 0) is 25.0 Å². The molecule has 0 radical (unpaired) electrons. The molecule has 1 atom stereocenters. The Hall–Kier alpha value is -1.78.